The molecule has 0 aliphatic carbocycles. The molecule has 0 radical (unpaired) electrons. The van der Waals surface area contributed by atoms with Crippen molar-refractivity contribution >= 4 is 39.1 Å². The summed E-state index contributed by atoms with van der Waals surface area (Å²) >= 11 is 1.53. The number of rotatable bonds is 6. The number of anilines is 1. The van der Waals surface area contributed by atoms with Crippen molar-refractivity contribution in [1.82, 2.24) is 20.3 Å². The number of para-hydroxylation sites is 1. The number of nitrogens with one attached hydrogen (secondary N) is 2. The predicted molar refractivity (Wildman–Crippen MR) is 97.2 cm³/mol. The highest BCUT2D eigenvalue weighted by atomic mass is 32.1. The van der Waals surface area contributed by atoms with Gasteiger partial charge in [0.2, 0.25) is 11.8 Å². The highest BCUT2D eigenvalue weighted by Crippen LogP contribution is 2.27. The first-order valence-corrected chi connectivity index (χ1v) is 8.66. The quantitative estimate of drug-likeness (QED) is 0.663. The smallest absolute Gasteiger partial charge is 0.224 e. The molecule has 0 atom stereocenters. The summed E-state index contributed by atoms with van der Waals surface area (Å²) < 4.78 is 1.08. The molecule has 7 nitrogen and oxygen atoms in total. The van der Waals surface area contributed by atoms with Crippen molar-refractivity contribution in [1.29, 1.82) is 0 Å². The number of carbonyl (C=O) groups is 2. The minimum Gasteiger partial charge on any atom is -0.356 e. The fraction of sp³-hybridized carbons (Fsp3) is 0.235. The number of hydrogen-bond donors (Lipinski definition) is 2. The lowest BCUT2D eigenvalue weighted by Gasteiger charge is -2.05. The van der Waals surface area contributed by atoms with E-state index in [1.807, 2.05) is 24.3 Å². The SMILES string of the molecule is CC(=O)NCCCC(=O)Nc1cnc(-c2nc3ccccc3s2)nc1. The van der Waals surface area contributed by atoms with E-state index >= 15 is 0 Å². The molecule has 0 spiro atoms. The van der Waals surface area contributed by atoms with E-state index in [0.29, 0.717) is 30.9 Å². The van der Waals surface area contributed by atoms with Crippen molar-refractivity contribution in [2.75, 3.05) is 11.9 Å². The molecule has 0 aliphatic heterocycles. The van der Waals surface area contributed by atoms with E-state index in [0.717, 1.165) is 15.2 Å². The molecule has 128 valence electrons. The van der Waals surface area contributed by atoms with Gasteiger partial charge >= 0.3 is 0 Å². The summed E-state index contributed by atoms with van der Waals surface area (Å²) in [5.74, 6) is 0.297. The third-order valence-electron chi connectivity index (χ3n) is 3.38. The Labute approximate surface area is 148 Å². The summed E-state index contributed by atoms with van der Waals surface area (Å²) in [6.07, 6.45) is 4.04. The number of carbonyl (C=O) groups excluding carboxylic acids is 2. The Bertz CT molecular complexity index is 858. The maximum atomic E-state index is 11.8. The van der Waals surface area contributed by atoms with Gasteiger partial charge < -0.3 is 10.6 Å². The molecule has 0 saturated heterocycles. The van der Waals surface area contributed by atoms with Crippen molar-refractivity contribution in [3.63, 3.8) is 0 Å². The molecular weight excluding hydrogens is 338 g/mol. The van der Waals surface area contributed by atoms with Gasteiger partial charge in [0, 0.05) is 19.9 Å². The van der Waals surface area contributed by atoms with Gasteiger partial charge in [-0.3, -0.25) is 9.59 Å². The molecule has 3 rings (SSSR count). The van der Waals surface area contributed by atoms with Gasteiger partial charge in [-0.05, 0) is 18.6 Å². The number of thiazole rings is 1. The highest BCUT2D eigenvalue weighted by Gasteiger charge is 2.09. The molecular formula is C17H17N5O2S. The lowest BCUT2D eigenvalue weighted by molar-refractivity contribution is -0.119. The Kier molecular flexibility index (Phi) is 5.30. The van der Waals surface area contributed by atoms with Crippen LogP contribution in [0.4, 0.5) is 5.69 Å². The normalized spacial score (nSPS) is 10.6. The van der Waals surface area contributed by atoms with Crippen LogP contribution in [0.2, 0.25) is 0 Å². The number of nitrogens with zero attached hydrogens (tertiary/aromatic N) is 3. The summed E-state index contributed by atoms with van der Waals surface area (Å²) in [6, 6.07) is 7.86. The van der Waals surface area contributed by atoms with Gasteiger partial charge in [0.15, 0.2) is 10.8 Å². The number of amides is 2. The van der Waals surface area contributed by atoms with E-state index in [4.69, 9.17) is 0 Å². The van der Waals surface area contributed by atoms with Crippen LogP contribution in [0.3, 0.4) is 0 Å². The fourth-order valence-corrected chi connectivity index (χ4v) is 3.12. The first kappa shape index (κ1) is 17.0. The molecule has 2 amide bonds. The van der Waals surface area contributed by atoms with Crippen molar-refractivity contribution in [2.45, 2.75) is 19.8 Å². The van der Waals surface area contributed by atoms with E-state index in [-0.39, 0.29) is 11.8 Å². The molecule has 2 N–H and O–H groups in total. The minimum atomic E-state index is -0.137. The third kappa shape index (κ3) is 4.57. The molecule has 0 fully saturated rings. The Hall–Kier alpha value is -2.87. The molecule has 8 heteroatoms. The van der Waals surface area contributed by atoms with Crippen LogP contribution in [0.15, 0.2) is 36.7 Å². The zero-order valence-corrected chi connectivity index (χ0v) is 14.5. The second-order valence-electron chi connectivity index (χ2n) is 5.42. The lowest BCUT2D eigenvalue weighted by atomic mass is 10.3. The van der Waals surface area contributed by atoms with Crippen LogP contribution < -0.4 is 10.6 Å². The Morgan fingerprint density at radius 2 is 1.92 bits per heavy atom. The molecule has 25 heavy (non-hydrogen) atoms. The predicted octanol–water partition coefficient (Wildman–Crippen LogP) is 2.61. The fourth-order valence-electron chi connectivity index (χ4n) is 2.21. The third-order valence-corrected chi connectivity index (χ3v) is 4.41. The van der Waals surface area contributed by atoms with Gasteiger partial charge in [0.05, 0.1) is 28.3 Å². The van der Waals surface area contributed by atoms with Gasteiger partial charge in [-0.1, -0.05) is 12.1 Å². The van der Waals surface area contributed by atoms with Crippen molar-refractivity contribution in [3.8, 4) is 10.8 Å². The zero-order chi connectivity index (χ0) is 17.6. The number of benzene rings is 1. The van der Waals surface area contributed by atoms with Crippen molar-refractivity contribution < 1.29 is 9.59 Å². The molecule has 2 heterocycles. The van der Waals surface area contributed by atoms with Crippen LogP contribution in [-0.4, -0.2) is 33.3 Å². The highest BCUT2D eigenvalue weighted by molar-refractivity contribution is 7.21. The first-order chi connectivity index (χ1) is 12.1. The molecule has 0 aliphatic rings. The summed E-state index contributed by atoms with van der Waals surface area (Å²) in [4.78, 5) is 35.7. The van der Waals surface area contributed by atoms with Crippen molar-refractivity contribution in [2.24, 2.45) is 0 Å². The van der Waals surface area contributed by atoms with Crippen molar-refractivity contribution in [3.05, 3.63) is 36.7 Å². The molecule has 1 aromatic carbocycles. The van der Waals surface area contributed by atoms with E-state index in [9.17, 15) is 9.59 Å². The van der Waals surface area contributed by atoms with E-state index in [1.165, 1.54) is 18.3 Å². The zero-order valence-electron chi connectivity index (χ0n) is 13.7. The summed E-state index contributed by atoms with van der Waals surface area (Å²) in [6.45, 7) is 1.93. The average molecular weight is 355 g/mol. The molecule has 0 unspecified atom stereocenters. The van der Waals surface area contributed by atoms with Crippen LogP contribution in [0, 0.1) is 0 Å². The van der Waals surface area contributed by atoms with Gasteiger partial charge in [0.1, 0.15) is 0 Å². The second-order valence-corrected chi connectivity index (χ2v) is 6.45. The standard InChI is InChI=1S/C17H17N5O2S/c1-11(23)18-8-4-7-15(24)21-12-9-19-16(20-10-12)17-22-13-5-2-3-6-14(13)25-17/h2-3,5-6,9-10H,4,7-8H2,1H3,(H,18,23)(H,21,24). The summed E-state index contributed by atoms with van der Waals surface area (Å²) in [5.41, 5.74) is 1.46. The minimum absolute atomic E-state index is 0.0979. The monoisotopic (exact) mass is 355 g/mol. The summed E-state index contributed by atoms with van der Waals surface area (Å²) in [5, 5.41) is 6.14. The van der Waals surface area contributed by atoms with Gasteiger partial charge in [-0.15, -0.1) is 11.3 Å². The number of fused-ring (bicyclic) bond motifs is 1. The maximum Gasteiger partial charge on any atom is 0.224 e. The molecule has 2 aromatic heterocycles. The van der Waals surface area contributed by atoms with Crippen LogP contribution in [0.25, 0.3) is 21.0 Å². The Balaban J connectivity index is 1.58. The second kappa shape index (κ2) is 7.80. The van der Waals surface area contributed by atoms with E-state index in [1.54, 1.807) is 12.4 Å². The first-order valence-electron chi connectivity index (χ1n) is 7.84. The van der Waals surface area contributed by atoms with Gasteiger partial charge in [-0.2, -0.15) is 0 Å². The lowest BCUT2D eigenvalue weighted by Crippen LogP contribution is -2.22. The van der Waals surface area contributed by atoms with Crippen LogP contribution in [-0.2, 0) is 9.59 Å². The Morgan fingerprint density at radius 1 is 1.16 bits per heavy atom. The van der Waals surface area contributed by atoms with Crippen LogP contribution in [0.5, 0.6) is 0 Å². The summed E-state index contributed by atoms with van der Waals surface area (Å²) in [7, 11) is 0. The maximum absolute atomic E-state index is 11.8. The largest absolute Gasteiger partial charge is 0.356 e. The van der Waals surface area contributed by atoms with Gasteiger partial charge in [0.25, 0.3) is 0 Å². The van der Waals surface area contributed by atoms with Crippen LogP contribution in [0.1, 0.15) is 19.8 Å². The average Bonchev–Trinajstić information content (AvgIpc) is 3.03. The van der Waals surface area contributed by atoms with E-state index < -0.39 is 0 Å². The molecule has 3 aromatic rings. The van der Waals surface area contributed by atoms with Crippen LogP contribution >= 0.6 is 11.3 Å². The van der Waals surface area contributed by atoms with Gasteiger partial charge in [-0.25, -0.2) is 15.0 Å². The topological polar surface area (TPSA) is 96.9 Å². The number of aromatic nitrogens is 3. The number of hydrogen-bond acceptors (Lipinski definition) is 6. The Morgan fingerprint density at radius 3 is 2.64 bits per heavy atom. The van der Waals surface area contributed by atoms with E-state index in [2.05, 4.69) is 25.6 Å². The molecule has 0 bridgehead atoms. The molecule has 0 saturated carbocycles.